The molecule has 0 saturated heterocycles. The molecule has 2 aromatic rings. The number of benzene rings is 1. The summed E-state index contributed by atoms with van der Waals surface area (Å²) in [6, 6.07) is 14.8. The first-order chi connectivity index (χ1) is 11.5. The van der Waals surface area contributed by atoms with Crippen LogP contribution >= 0.6 is 0 Å². The minimum atomic E-state index is -0.386. The number of aliphatic imine (C=N–C) groups is 1. The molecule has 3 rings (SSSR count). The van der Waals surface area contributed by atoms with Crippen LogP contribution in [0.3, 0.4) is 0 Å². The quantitative estimate of drug-likeness (QED) is 0.797. The van der Waals surface area contributed by atoms with Crippen molar-refractivity contribution in [1.29, 1.82) is 0 Å². The molecule has 1 aliphatic rings. The monoisotopic (exact) mass is 322 g/mol. The van der Waals surface area contributed by atoms with Gasteiger partial charge < -0.3 is 4.74 Å². The van der Waals surface area contributed by atoms with Crippen LogP contribution in [0.25, 0.3) is 0 Å². The topological polar surface area (TPSA) is 34.5 Å². The summed E-state index contributed by atoms with van der Waals surface area (Å²) in [6.45, 7) is 9.28. The molecule has 3 nitrogen and oxygen atoms in total. The highest BCUT2D eigenvalue weighted by atomic mass is 16.5. The van der Waals surface area contributed by atoms with Crippen molar-refractivity contribution in [2.24, 2.45) is 10.9 Å². The molecule has 0 spiro atoms. The van der Waals surface area contributed by atoms with E-state index in [0.717, 1.165) is 18.0 Å². The van der Waals surface area contributed by atoms with E-state index in [2.05, 4.69) is 56.9 Å². The zero-order valence-corrected chi connectivity index (χ0v) is 15.0. The molecule has 0 unspecified atom stereocenters. The summed E-state index contributed by atoms with van der Waals surface area (Å²) in [5.74, 6) is 1.64. The minimum absolute atomic E-state index is 0.156. The third-order valence-corrected chi connectivity index (χ3v) is 4.57. The lowest BCUT2D eigenvalue weighted by Crippen LogP contribution is -2.21. The van der Waals surface area contributed by atoms with Crippen LogP contribution in [0, 0.1) is 5.92 Å². The lowest BCUT2D eigenvalue weighted by Gasteiger charge is -2.16. The molecule has 0 N–H and O–H groups in total. The summed E-state index contributed by atoms with van der Waals surface area (Å²) in [4.78, 5) is 9.32. The molecule has 126 valence electrons. The molecule has 2 atom stereocenters. The van der Waals surface area contributed by atoms with Crippen molar-refractivity contribution in [2.45, 2.75) is 45.6 Å². The van der Waals surface area contributed by atoms with Crippen molar-refractivity contribution in [1.82, 2.24) is 4.98 Å². The van der Waals surface area contributed by atoms with Crippen LogP contribution < -0.4 is 0 Å². The third kappa shape index (κ3) is 3.50. The van der Waals surface area contributed by atoms with Crippen LogP contribution in [0.15, 0.2) is 53.7 Å². The Morgan fingerprint density at radius 1 is 1.08 bits per heavy atom. The molecule has 0 bridgehead atoms. The summed E-state index contributed by atoms with van der Waals surface area (Å²) >= 11 is 0. The van der Waals surface area contributed by atoms with Crippen molar-refractivity contribution < 1.29 is 4.74 Å². The Bertz CT molecular complexity index is 706. The molecule has 0 saturated carbocycles. The Labute approximate surface area is 144 Å². The highest BCUT2D eigenvalue weighted by molar-refractivity contribution is 5.85. The highest BCUT2D eigenvalue weighted by Gasteiger charge is 2.36. The smallest absolute Gasteiger partial charge is 0.191 e. The second kappa shape index (κ2) is 6.76. The Hall–Kier alpha value is -2.16. The van der Waals surface area contributed by atoms with E-state index in [4.69, 9.17) is 9.73 Å². The lowest BCUT2D eigenvalue weighted by molar-refractivity contribution is 0.259. The zero-order valence-electron chi connectivity index (χ0n) is 15.0. The van der Waals surface area contributed by atoms with Crippen LogP contribution in [0.4, 0.5) is 0 Å². The molecule has 0 amide bonds. The molecule has 3 heteroatoms. The Morgan fingerprint density at radius 2 is 1.83 bits per heavy atom. The third-order valence-electron chi connectivity index (χ3n) is 4.57. The average Bonchev–Trinajstić information content (AvgIpc) is 2.99. The number of ether oxygens (including phenoxy) is 1. The Balaban J connectivity index is 1.78. The van der Waals surface area contributed by atoms with Gasteiger partial charge in [0.1, 0.15) is 12.1 Å². The molecular weight excluding hydrogens is 296 g/mol. The minimum Gasteiger partial charge on any atom is -0.478 e. The predicted molar refractivity (Wildman–Crippen MR) is 98.4 cm³/mol. The van der Waals surface area contributed by atoms with E-state index >= 15 is 0 Å². The number of pyridine rings is 1. The van der Waals surface area contributed by atoms with E-state index in [-0.39, 0.29) is 11.5 Å². The fraction of sp³-hybridized carbons (Fsp3) is 0.429. The zero-order chi connectivity index (χ0) is 17.2. The molecule has 2 heterocycles. The number of rotatable bonds is 5. The van der Waals surface area contributed by atoms with Gasteiger partial charge >= 0.3 is 0 Å². The van der Waals surface area contributed by atoms with Gasteiger partial charge in [0.05, 0.1) is 11.6 Å². The van der Waals surface area contributed by atoms with E-state index in [9.17, 15) is 0 Å². The van der Waals surface area contributed by atoms with Gasteiger partial charge in [0.15, 0.2) is 5.90 Å². The van der Waals surface area contributed by atoms with Crippen LogP contribution in [0.2, 0.25) is 0 Å². The molecule has 0 aliphatic carbocycles. The van der Waals surface area contributed by atoms with Gasteiger partial charge in [-0.2, -0.15) is 0 Å². The Kier molecular flexibility index (Phi) is 4.70. The van der Waals surface area contributed by atoms with Crippen LogP contribution in [0.5, 0.6) is 0 Å². The second-order valence-corrected chi connectivity index (χ2v) is 7.29. The summed E-state index contributed by atoms with van der Waals surface area (Å²) in [7, 11) is 0. The molecule has 1 aromatic carbocycles. The summed E-state index contributed by atoms with van der Waals surface area (Å²) in [5.41, 5.74) is 3.20. The first-order valence-corrected chi connectivity index (χ1v) is 8.71. The molecular formula is C21H26N2O. The van der Waals surface area contributed by atoms with Gasteiger partial charge in [0.25, 0.3) is 0 Å². The maximum atomic E-state index is 5.94. The van der Waals surface area contributed by atoms with E-state index in [1.807, 2.05) is 24.4 Å². The van der Waals surface area contributed by atoms with E-state index in [1.165, 1.54) is 11.1 Å². The standard InChI is InChI=1S/C21H26N2O/c1-15(2)13-17-8-10-18(11-9-17)16(3)20-23-21(4,14-24-20)19-7-5-6-12-22-19/h5-12,15-16H,13-14H2,1-4H3/t16-,21+/m1/s1. The SMILES string of the molecule is CC(C)Cc1ccc([C@@H](C)C2=N[C@](C)(c3ccccn3)CO2)cc1. The molecule has 0 radical (unpaired) electrons. The van der Waals surface area contributed by atoms with Crippen molar-refractivity contribution in [3.63, 3.8) is 0 Å². The summed E-state index contributed by atoms with van der Waals surface area (Å²) in [5, 5.41) is 0. The molecule has 24 heavy (non-hydrogen) atoms. The number of hydrogen-bond donors (Lipinski definition) is 0. The lowest BCUT2D eigenvalue weighted by atomic mass is 9.96. The van der Waals surface area contributed by atoms with Crippen molar-refractivity contribution in [2.75, 3.05) is 6.61 Å². The van der Waals surface area contributed by atoms with Gasteiger partial charge in [-0.15, -0.1) is 0 Å². The second-order valence-electron chi connectivity index (χ2n) is 7.29. The van der Waals surface area contributed by atoms with Gasteiger partial charge in [0.2, 0.25) is 0 Å². The maximum Gasteiger partial charge on any atom is 0.191 e. The number of aromatic nitrogens is 1. The van der Waals surface area contributed by atoms with Crippen molar-refractivity contribution in [3.8, 4) is 0 Å². The first-order valence-electron chi connectivity index (χ1n) is 8.71. The molecule has 1 aromatic heterocycles. The van der Waals surface area contributed by atoms with Gasteiger partial charge in [-0.3, -0.25) is 4.98 Å². The van der Waals surface area contributed by atoms with E-state index in [0.29, 0.717) is 12.5 Å². The highest BCUT2D eigenvalue weighted by Crippen LogP contribution is 2.33. The largest absolute Gasteiger partial charge is 0.478 e. The average molecular weight is 322 g/mol. The Morgan fingerprint density at radius 3 is 2.46 bits per heavy atom. The van der Waals surface area contributed by atoms with Crippen molar-refractivity contribution in [3.05, 3.63) is 65.5 Å². The normalized spacial score (nSPS) is 21.5. The van der Waals surface area contributed by atoms with Gasteiger partial charge in [0, 0.05) is 6.20 Å². The van der Waals surface area contributed by atoms with Gasteiger partial charge in [-0.05, 0) is 49.4 Å². The number of nitrogens with zero attached hydrogens (tertiary/aromatic N) is 2. The van der Waals surface area contributed by atoms with Crippen molar-refractivity contribution >= 4 is 5.90 Å². The van der Waals surface area contributed by atoms with E-state index in [1.54, 1.807) is 0 Å². The van der Waals surface area contributed by atoms with Crippen LogP contribution in [-0.4, -0.2) is 17.5 Å². The first kappa shape index (κ1) is 16.7. The number of hydrogen-bond acceptors (Lipinski definition) is 3. The summed E-state index contributed by atoms with van der Waals surface area (Å²) in [6.07, 6.45) is 2.93. The molecule has 1 aliphatic heterocycles. The summed E-state index contributed by atoms with van der Waals surface area (Å²) < 4.78 is 5.94. The predicted octanol–water partition coefficient (Wildman–Crippen LogP) is 4.73. The van der Waals surface area contributed by atoms with E-state index < -0.39 is 0 Å². The fourth-order valence-corrected chi connectivity index (χ4v) is 3.11. The fourth-order valence-electron chi connectivity index (χ4n) is 3.11. The van der Waals surface area contributed by atoms with Gasteiger partial charge in [-0.1, -0.05) is 44.2 Å². The van der Waals surface area contributed by atoms with Crippen LogP contribution in [0.1, 0.15) is 50.4 Å². The van der Waals surface area contributed by atoms with Crippen LogP contribution in [-0.2, 0) is 16.7 Å². The van der Waals surface area contributed by atoms with Gasteiger partial charge in [-0.25, -0.2) is 4.99 Å². The maximum absolute atomic E-state index is 5.94. The molecule has 0 fully saturated rings.